The molecule has 0 aliphatic carbocycles. The monoisotopic (exact) mass is 245 g/mol. The molecule has 0 saturated carbocycles. The van der Waals surface area contributed by atoms with Gasteiger partial charge in [0.05, 0.1) is 7.11 Å². The lowest BCUT2D eigenvalue weighted by Crippen LogP contribution is -2.20. The van der Waals surface area contributed by atoms with Crippen molar-refractivity contribution >= 4 is 32.1 Å². The van der Waals surface area contributed by atoms with Crippen LogP contribution in [0.2, 0.25) is 0 Å². The zero-order valence-corrected chi connectivity index (χ0v) is 9.31. The van der Waals surface area contributed by atoms with Gasteiger partial charge >= 0.3 is 5.97 Å². The number of ether oxygens (including phenoxy) is 1. The topological polar surface area (TPSA) is 72.5 Å². The smallest absolute Gasteiger partial charge is 0.351 e. The summed E-state index contributed by atoms with van der Waals surface area (Å²) < 4.78 is 28.1. The molecule has 5 nitrogen and oxygen atoms in total. The van der Waals surface area contributed by atoms with Crippen LogP contribution in [-0.4, -0.2) is 21.5 Å². The molecule has 2 heterocycles. The van der Waals surface area contributed by atoms with Gasteiger partial charge in [-0.2, -0.15) is 0 Å². The highest BCUT2D eigenvalue weighted by molar-refractivity contribution is 7.96. The summed E-state index contributed by atoms with van der Waals surface area (Å²) >= 11 is 1.26. The van der Waals surface area contributed by atoms with Crippen molar-refractivity contribution in [2.75, 3.05) is 12.4 Å². The van der Waals surface area contributed by atoms with Gasteiger partial charge in [-0.1, -0.05) is 0 Å². The van der Waals surface area contributed by atoms with E-state index in [2.05, 4.69) is 10.1 Å². The van der Waals surface area contributed by atoms with Gasteiger partial charge < -0.3 is 10.1 Å². The molecule has 0 aromatic carbocycles. The second kappa shape index (κ2) is 3.35. The maximum atomic E-state index is 11.9. The predicted molar refractivity (Wildman–Crippen MR) is 55.2 cm³/mol. The molecule has 0 fully saturated rings. The summed E-state index contributed by atoms with van der Waals surface area (Å²) in [6.45, 7) is 0. The first-order valence-electron chi connectivity index (χ1n) is 3.95. The average molecular weight is 245 g/mol. The van der Waals surface area contributed by atoms with E-state index >= 15 is 0 Å². The molecule has 15 heavy (non-hydrogen) atoms. The number of thiophene rings is 1. The second-order valence-corrected chi connectivity index (χ2v) is 5.56. The van der Waals surface area contributed by atoms with Crippen molar-refractivity contribution in [3.63, 3.8) is 0 Å². The van der Waals surface area contributed by atoms with Gasteiger partial charge in [0.15, 0.2) is 4.91 Å². The van der Waals surface area contributed by atoms with E-state index in [1.165, 1.54) is 17.4 Å². The van der Waals surface area contributed by atoms with Crippen molar-refractivity contribution in [2.45, 2.75) is 4.90 Å². The fourth-order valence-corrected chi connectivity index (χ4v) is 3.73. The third-order valence-corrected chi connectivity index (χ3v) is 4.69. The first-order valence-corrected chi connectivity index (χ1v) is 6.31. The van der Waals surface area contributed by atoms with Crippen molar-refractivity contribution in [1.82, 2.24) is 0 Å². The van der Waals surface area contributed by atoms with Gasteiger partial charge in [-0.3, -0.25) is 0 Å². The number of esters is 1. The van der Waals surface area contributed by atoms with E-state index in [9.17, 15) is 13.2 Å². The van der Waals surface area contributed by atoms with Gasteiger partial charge in [-0.05, 0) is 11.4 Å². The summed E-state index contributed by atoms with van der Waals surface area (Å²) in [6, 6.07) is 1.46. The average Bonchev–Trinajstić information content (AvgIpc) is 2.66. The van der Waals surface area contributed by atoms with Gasteiger partial charge in [0.25, 0.3) is 0 Å². The summed E-state index contributed by atoms with van der Waals surface area (Å²) in [6.07, 6.45) is 1.15. The molecule has 0 bridgehead atoms. The van der Waals surface area contributed by atoms with Crippen LogP contribution in [0.4, 0.5) is 5.00 Å². The van der Waals surface area contributed by atoms with Gasteiger partial charge in [-0.15, -0.1) is 11.3 Å². The van der Waals surface area contributed by atoms with Crippen LogP contribution in [-0.2, 0) is 19.4 Å². The number of nitrogens with one attached hydrogen (secondary N) is 1. The Morgan fingerprint density at radius 3 is 2.93 bits per heavy atom. The van der Waals surface area contributed by atoms with E-state index in [4.69, 9.17) is 0 Å². The number of fused-ring (bicyclic) bond motifs is 1. The third kappa shape index (κ3) is 1.44. The van der Waals surface area contributed by atoms with E-state index in [1.54, 1.807) is 5.38 Å². The predicted octanol–water partition coefficient (Wildman–Crippen LogP) is 0.962. The lowest BCUT2D eigenvalue weighted by molar-refractivity contribution is -0.135. The molecule has 2 rings (SSSR count). The molecule has 80 valence electrons. The molecule has 1 aliphatic rings. The highest BCUT2D eigenvalue weighted by atomic mass is 32.2. The number of hydrogen-bond acceptors (Lipinski definition) is 6. The van der Waals surface area contributed by atoms with Crippen LogP contribution >= 0.6 is 11.3 Å². The standard InChI is InChI=1S/C8H7NO4S2/c1-13-8(10)6-4-9-7-5(2-3-14-7)15(6,11)12/h2-4,9H,1H3. The molecule has 1 aromatic heterocycles. The van der Waals surface area contributed by atoms with Crippen molar-refractivity contribution in [1.29, 1.82) is 0 Å². The zero-order valence-electron chi connectivity index (χ0n) is 7.68. The van der Waals surface area contributed by atoms with Crippen LogP contribution < -0.4 is 5.32 Å². The minimum absolute atomic E-state index is 0.121. The largest absolute Gasteiger partial charge is 0.465 e. The Kier molecular flexibility index (Phi) is 2.28. The Bertz CT molecular complexity index is 541. The van der Waals surface area contributed by atoms with Gasteiger partial charge in [-0.25, -0.2) is 13.2 Å². The van der Waals surface area contributed by atoms with E-state index < -0.39 is 15.8 Å². The van der Waals surface area contributed by atoms with Gasteiger partial charge in [0, 0.05) is 6.20 Å². The zero-order chi connectivity index (χ0) is 11.1. The number of carbonyl (C=O) groups excluding carboxylic acids is 1. The number of rotatable bonds is 1. The number of sulfone groups is 1. The van der Waals surface area contributed by atoms with E-state index in [0.717, 1.165) is 13.3 Å². The van der Waals surface area contributed by atoms with Crippen molar-refractivity contribution in [3.05, 3.63) is 22.6 Å². The molecular weight excluding hydrogens is 238 g/mol. The summed E-state index contributed by atoms with van der Waals surface area (Å²) in [5.41, 5.74) is 0. The van der Waals surface area contributed by atoms with Crippen LogP contribution in [0.25, 0.3) is 0 Å². The fraction of sp³-hybridized carbons (Fsp3) is 0.125. The highest BCUT2D eigenvalue weighted by Gasteiger charge is 2.33. The molecule has 0 atom stereocenters. The second-order valence-electron chi connectivity index (χ2n) is 2.76. The molecule has 0 radical (unpaired) electrons. The van der Waals surface area contributed by atoms with Crippen LogP contribution in [0.15, 0.2) is 27.4 Å². The maximum absolute atomic E-state index is 11.9. The molecule has 0 spiro atoms. The maximum Gasteiger partial charge on any atom is 0.351 e. The molecule has 0 saturated heterocycles. The first kappa shape index (κ1) is 10.2. The quantitative estimate of drug-likeness (QED) is 0.746. The van der Waals surface area contributed by atoms with Crippen molar-refractivity contribution in [2.24, 2.45) is 0 Å². The normalized spacial score (nSPS) is 17.3. The summed E-state index contributed by atoms with van der Waals surface area (Å²) in [5.74, 6) is -0.862. The van der Waals surface area contributed by atoms with Crippen LogP contribution in [0.5, 0.6) is 0 Å². The Hall–Kier alpha value is -1.34. The van der Waals surface area contributed by atoms with Crippen molar-refractivity contribution < 1.29 is 17.9 Å². The molecule has 7 heteroatoms. The Morgan fingerprint density at radius 2 is 2.27 bits per heavy atom. The number of methoxy groups -OCH3 is 1. The fourth-order valence-electron chi connectivity index (χ4n) is 1.21. The molecular formula is C8H7NO4S2. The number of carbonyl (C=O) groups is 1. The van der Waals surface area contributed by atoms with E-state index in [-0.39, 0.29) is 9.80 Å². The van der Waals surface area contributed by atoms with E-state index in [0.29, 0.717) is 5.00 Å². The summed E-state index contributed by atoms with van der Waals surface area (Å²) in [4.78, 5) is 11.0. The summed E-state index contributed by atoms with van der Waals surface area (Å²) in [7, 11) is -2.58. The Morgan fingerprint density at radius 1 is 1.53 bits per heavy atom. The Balaban J connectivity index is 2.57. The van der Waals surface area contributed by atoms with Gasteiger partial charge in [0.1, 0.15) is 9.90 Å². The Labute approximate surface area is 90.3 Å². The number of hydrogen-bond donors (Lipinski definition) is 1. The van der Waals surface area contributed by atoms with Crippen LogP contribution in [0, 0.1) is 0 Å². The van der Waals surface area contributed by atoms with Crippen LogP contribution in [0.1, 0.15) is 0 Å². The minimum atomic E-state index is -3.72. The van der Waals surface area contributed by atoms with E-state index in [1.807, 2.05) is 0 Å². The highest BCUT2D eigenvalue weighted by Crippen LogP contribution is 2.35. The molecule has 1 aliphatic heterocycles. The van der Waals surface area contributed by atoms with Crippen molar-refractivity contribution in [3.8, 4) is 0 Å². The van der Waals surface area contributed by atoms with Gasteiger partial charge in [0.2, 0.25) is 9.84 Å². The summed E-state index contributed by atoms with van der Waals surface area (Å²) in [5, 5.41) is 4.90. The SMILES string of the molecule is COC(=O)C1=CNc2sccc2S1(=O)=O. The lowest BCUT2D eigenvalue weighted by atomic mass is 10.5. The minimum Gasteiger partial charge on any atom is -0.465 e. The number of anilines is 1. The molecule has 0 amide bonds. The molecule has 0 unspecified atom stereocenters. The third-order valence-electron chi connectivity index (χ3n) is 1.93. The van der Waals surface area contributed by atoms with Crippen LogP contribution in [0.3, 0.4) is 0 Å². The molecule has 1 N–H and O–H groups in total. The lowest BCUT2D eigenvalue weighted by Gasteiger charge is -2.13. The first-order chi connectivity index (χ1) is 7.07. The molecule has 1 aromatic rings.